The van der Waals surface area contributed by atoms with Crippen LogP contribution >= 0.6 is 11.6 Å². The number of halogens is 1. The molecule has 4 atom stereocenters. The van der Waals surface area contributed by atoms with Crippen molar-refractivity contribution in [1.82, 2.24) is 5.32 Å². The quantitative estimate of drug-likeness (QED) is 0.829. The maximum absolute atomic E-state index is 12.3. The van der Waals surface area contributed by atoms with E-state index in [1.165, 1.54) is 0 Å². The monoisotopic (exact) mass is 307 g/mol. The van der Waals surface area contributed by atoms with Gasteiger partial charge in [0, 0.05) is 11.6 Å². The number of hydrogen-bond donors (Lipinski definition) is 2. The van der Waals surface area contributed by atoms with E-state index in [4.69, 9.17) is 16.3 Å². The zero-order chi connectivity index (χ0) is 15.0. The zero-order valence-corrected chi connectivity index (χ0v) is 11.8. The average molecular weight is 308 g/mol. The minimum absolute atomic E-state index is 0.306. The number of hydrogen-bond acceptors (Lipinski definition) is 3. The van der Waals surface area contributed by atoms with E-state index in [1.54, 1.807) is 30.4 Å². The van der Waals surface area contributed by atoms with Gasteiger partial charge in [0.25, 0.3) is 0 Å². The lowest BCUT2D eigenvalue weighted by Gasteiger charge is -2.21. The SMILES string of the molecule is O=C(O)[C@@H]1[C@H](C(=O)NCc2cccc(Cl)c2)[C@H]2C=C[C@H]1O2. The van der Waals surface area contributed by atoms with Gasteiger partial charge in [0.1, 0.15) is 5.92 Å². The molecule has 1 aromatic carbocycles. The van der Waals surface area contributed by atoms with Crippen LogP contribution in [0.5, 0.6) is 0 Å². The Bertz CT molecular complexity index is 615. The molecule has 1 aromatic rings. The Morgan fingerprint density at radius 1 is 1.24 bits per heavy atom. The zero-order valence-electron chi connectivity index (χ0n) is 11.0. The highest BCUT2D eigenvalue weighted by molar-refractivity contribution is 6.30. The third kappa shape index (κ3) is 2.66. The molecule has 0 aromatic heterocycles. The number of carboxylic acids is 1. The summed E-state index contributed by atoms with van der Waals surface area (Å²) in [5.41, 5.74) is 0.863. The van der Waals surface area contributed by atoms with Crippen LogP contribution in [-0.2, 0) is 20.9 Å². The molecule has 21 heavy (non-hydrogen) atoms. The molecular formula is C15H14ClNO4. The van der Waals surface area contributed by atoms with Crippen molar-refractivity contribution in [2.75, 3.05) is 0 Å². The van der Waals surface area contributed by atoms with Crippen molar-refractivity contribution in [3.05, 3.63) is 47.0 Å². The molecule has 2 heterocycles. The Labute approximate surface area is 126 Å². The van der Waals surface area contributed by atoms with E-state index in [9.17, 15) is 14.7 Å². The summed E-state index contributed by atoms with van der Waals surface area (Å²) in [5.74, 6) is -2.81. The maximum Gasteiger partial charge on any atom is 0.310 e. The summed E-state index contributed by atoms with van der Waals surface area (Å²) >= 11 is 5.88. The third-order valence-electron chi connectivity index (χ3n) is 3.84. The van der Waals surface area contributed by atoms with Crippen LogP contribution in [0.25, 0.3) is 0 Å². The summed E-state index contributed by atoms with van der Waals surface area (Å²) in [6.07, 6.45) is 2.52. The first kappa shape index (κ1) is 14.1. The lowest BCUT2D eigenvalue weighted by molar-refractivity contribution is -0.146. The van der Waals surface area contributed by atoms with Gasteiger partial charge in [0.2, 0.25) is 5.91 Å². The van der Waals surface area contributed by atoms with Gasteiger partial charge in [0.05, 0.1) is 18.1 Å². The van der Waals surface area contributed by atoms with Crippen molar-refractivity contribution in [1.29, 1.82) is 0 Å². The van der Waals surface area contributed by atoms with Gasteiger partial charge in [-0.05, 0) is 17.7 Å². The van der Waals surface area contributed by atoms with Gasteiger partial charge >= 0.3 is 5.97 Å². The van der Waals surface area contributed by atoms with Crippen LogP contribution in [0.1, 0.15) is 5.56 Å². The standard InChI is InChI=1S/C15H14ClNO4/c16-9-3-1-2-8(6-9)7-17-14(18)12-10-4-5-11(21-10)13(12)15(19)20/h1-6,10-13H,7H2,(H,17,18)(H,19,20)/t10-,11-,12-,13+/m1/s1. The summed E-state index contributed by atoms with van der Waals surface area (Å²) in [4.78, 5) is 23.6. The first-order valence-electron chi connectivity index (χ1n) is 6.65. The minimum atomic E-state index is -1.00. The second-order valence-corrected chi connectivity index (χ2v) is 5.62. The van der Waals surface area contributed by atoms with Crippen molar-refractivity contribution in [2.24, 2.45) is 11.8 Å². The van der Waals surface area contributed by atoms with Crippen LogP contribution in [0, 0.1) is 11.8 Å². The predicted molar refractivity (Wildman–Crippen MR) is 75.7 cm³/mol. The molecule has 1 fully saturated rings. The summed E-state index contributed by atoms with van der Waals surface area (Å²) in [7, 11) is 0. The molecule has 3 rings (SSSR count). The van der Waals surface area contributed by atoms with Crippen molar-refractivity contribution in [2.45, 2.75) is 18.8 Å². The molecule has 6 heteroatoms. The number of fused-ring (bicyclic) bond motifs is 2. The summed E-state index contributed by atoms with van der Waals surface area (Å²) in [6.45, 7) is 0.309. The number of carbonyl (C=O) groups is 2. The van der Waals surface area contributed by atoms with Gasteiger partial charge in [-0.25, -0.2) is 0 Å². The van der Waals surface area contributed by atoms with E-state index in [0.717, 1.165) is 5.56 Å². The van der Waals surface area contributed by atoms with Gasteiger partial charge in [-0.1, -0.05) is 35.9 Å². The van der Waals surface area contributed by atoms with Crippen LogP contribution in [-0.4, -0.2) is 29.2 Å². The topological polar surface area (TPSA) is 75.6 Å². The molecule has 0 spiro atoms. The molecule has 1 amide bonds. The molecule has 0 radical (unpaired) electrons. The molecular weight excluding hydrogens is 294 g/mol. The maximum atomic E-state index is 12.3. The van der Waals surface area contributed by atoms with E-state index in [-0.39, 0.29) is 5.91 Å². The molecule has 110 valence electrons. The van der Waals surface area contributed by atoms with Gasteiger partial charge in [-0.3, -0.25) is 9.59 Å². The van der Waals surface area contributed by atoms with Crippen LogP contribution in [0.2, 0.25) is 5.02 Å². The van der Waals surface area contributed by atoms with E-state index in [0.29, 0.717) is 11.6 Å². The summed E-state index contributed by atoms with van der Waals surface area (Å²) in [6, 6.07) is 7.15. The first-order valence-corrected chi connectivity index (χ1v) is 7.03. The number of carboxylic acid groups (broad SMARTS) is 1. The predicted octanol–water partition coefficient (Wildman–Crippen LogP) is 1.61. The van der Waals surface area contributed by atoms with Crippen molar-refractivity contribution in [3.63, 3.8) is 0 Å². The van der Waals surface area contributed by atoms with Gasteiger partial charge < -0.3 is 15.2 Å². The van der Waals surface area contributed by atoms with E-state index < -0.39 is 30.0 Å². The van der Waals surface area contributed by atoms with Gasteiger partial charge in [0.15, 0.2) is 0 Å². The van der Waals surface area contributed by atoms with E-state index in [2.05, 4.69) is 5.32 Å². The van der Waals surface area contributed by atoms with E-state index in [1.807, 2.05) is 6.07 Å². The second-order valence-electron chi connectivity index (χ2n) is 5.19. The second kappa shape index (κ2) is 5.50. The molecule has 2 bridgehead atoms. The first-order chi connectivity index (χ1) is 10.1. The summed E-state index contributed by atoms with van der Waals surface area (Å²) < 4.78 is 5.48. The molecule has 0 saturated carbocycles. The number of rotatable bonds is 4. The van der Waals surface area contributed by atoms with Crippen LogP contribution in [0.15, 0.2) is 36.4 Å². The Balaban J connectivity index is 1.68. The highest BCUT2D eigenvalue weighted by atomic mass is 35.5. The molecule has 2 aliphatic heterocycles. The average Bonchev–Trinajstić information content (AvgIpc) is 3.05. The highest BCUT2D eigenvalue weighted by Gasteiger charge is 2.53. The Hall–Kier alpha value is -1.85. The van der Waals surface area contributed by atoms with Crippen molar-refractivity contribution in [3.8, 4) is 0 Å². The Morgan fingerprint density at radius 2 is 1.95 bits per heavy atom. The number of carbonyl (C=O) groups excluding carboxylic acids is 1. The van der Waals surface area contributed by atoms with Crippen LogP contribution in [0.3, 0.4) is 0 Å². The molecule has 2 N–H and O–H groups in total. The summed E-state index contributed by atoms with van der Waals surface area (Å²) in [5, 5.41) is 12.6. The lowest BCUT2D eigenvalue weighted by atomic mass is 9.82. The van der Waals surface area contributed by atoms with Crippen LogP contribution in [0.4, 0.5) is 0 Å². The molecule has 2 aliphatic rings. The Kier molecular flexibility index (Phi) is 3.69. The molecule has 5 nitrogen and oxygen atoms in total. The lowest BCUT2D eigenvalue weighted by Crippen LogP contribution is -2.42. The normalized spacial score (nSPS) is 29.6. The smallest absolute Gasteiger partial charge is 0.310 e. The molecule has 0 unspecified atom stereocenters. The number of amides is 1. The van der Waals surface area contributed by atoms with Crippen molar-refractivity contribution < 1.29 is 19.4 Å². The van der Waals surface area contributed by atoms with Crippen LogP contribution < -0.4 is 5.32 Å². The van der Waals surface area contributed by atoms with Gasteiger partial charge in [-0.15, -0.1) is 0 Å². The van der Waals surface area contributed by atoms with E-state index >= 15 is 0 Å². The Morgan fingerprint density at radius 3 is 2.62 bits per heavy atom. The van der Waals surface area contributed by atoms with Crippen molar-refractivity contribution >= 4 is 23.5 Å². The highest BCUT2D eigenvalue weighted by Crippen LogP contribution is 2.39. The minimum Gasteiger partial charge on any atom is -0.481 e. The third-order valence-corrected chi connectivity index (χ3v) is 4.08. The largest absolute Gasteiger partial charge is 0.481 e. The number of nitrogens with one attached hydrogen (secondary N) is 1. The fourth-order valence-electron chi connectivity index (χ4n) is 2.87. The molecule has 0 aliphatic carbocycles. The fourth-order valence-corrected chi connectivity index (χ4v) is 3.08. The van der Waals surface area contributed by atoms with Gasteiger partial charge in [-0.2, -0.15) is 0 Å². The number of aliphatic carboxylic acids is 1. The number of ether oxygens (including phenoxy) is 1. The number of benzene rings is 1. The molecule has 1 saturated heterocycles. The fraction of sp³-hybridized carbons (Fsp3) is 0.333.